The molecule has 1 fully saturated rings. The fourth-order valence-electron chi connectivity index (χ4n) is 2.79. The molecule has 0 unspecified atom stereocenters. The molecule has 1 aromatic carbocycles. The molecule has 0 saturated carbocycles. The molecular weight excluding hydrogens is 322 g/mol. The quantitative estimate of drug-likeness (QED) is 0.747. The smallest absolute Gasteiger partial charge is 0.409 e. The minimum Gasteiger partial charge on any atom is -0.496 e. The lowest BCUT2D eigenvalue weighted by Gasteiger charge is -2.34. The fraction of sp³-hybridized carbons (Fsp3) is 0.556. The molecule has 0 spiro atoms. The van der Waals surface area contributed by atoms with Crippen molar-refractivity contribution in [3.05, 3.63) is 29.8 Å². The highest BCUT2D eigenvalue weighted by atomic mass is 16.6. The maximum Gasteiger partial charge on any atom is 0.409 e. The van der Waals surface area contributed by atoms with Crippen LogP contribution in [0.2, 0.25) is 0 Å². The van der Waals surface area contributed by atoms with Gasteiger partial charge in [0.1, 0.15) is 5.75 Å². The molecule has 1 saturated heterocycles. The maximum atomic E-state index is 12.2. The van der Waals surface area contributed by atoms with Gasteiger partial charge in [-0.15, -0.1) is 0 Å². The molecule has 0 aliphatic carbocycles. The van der Waals surface area contributed by atoms with Gasteiger partial charge in [0.25, 0.3) is 0 Å². The van der Waals surface area contributed by atoms with Gasteiger partial charge in [0.05, 0.1) is 20.3 Å². The Kier molecular flexibility index (Phi) is 7.53. The summed E-state index contributed by atoms with van der Waals surface area (Å²) in [7, 11) is 1.66. The molecule has 25 heavy (non-hydrogen) atoms. The first kappa shape index (κ1) is 19.1. The lowest BCUT2D eigenvalue weighted by Crippen LogP contribution is -2.52. The van der Waals surface area contributed by atoms with E-state index in [1.165, 1.54) is 0 Å². The molecular formula is C18H27N3O4. The Morgan fingerprint density at radius 2 is 1.80 bits per heavy atom. The second kappa shape index (κ2) is 9.88. The minimum absolute atomic E-state index is 0.0588. The number of hydrogen-bond acceptors (Lipinski definition) is 5. The first-order chi connectivity index (χ1) is 12.2. The van der Waals surface area contributed by atoms with Crippen molar-refractivity contribution in [1.29, 1.82) is 0 Å². The topological polar surface area (TPSA) is 71.1 Å². The molecule has 1 aromatic rings. The number of carbonyl (C=O) groups excluding carboxylic acids is 2. The Labute approximate surface area is 148 Å². The van der Waals surface area contributed by atoms with Crippen molar-refractivity contribution in [2.24, 2.45) is 0 Å². The van der Waals surface area contributed by atoms with Crippen LogP contribution >= 0.6 is 0 Å². The van der Waals surface area contributed by atoms with Crippen LogP contribution < -0.4 is 10.1 Å². The Balaban J connectivity index is 1.67. The van der Waals surface area contributed by atoms with E-state index in [9.17, 15) is 9.59 Å². The Bertz CT molecular complexity index is 571. The summed E-state index contributed by atoms with van der Waals surface area (Å²) in [5.41, 5.74) is 1.12. The van der Waals surface area contributed by atoms with Crippen LogP contribution in [0, 0.1) is 0 Å². The average Bonchev–Trinajstić information content (AvgIpc) is 2.65. The van der Waals surface area contributed by atoms with E-state index in [0.717, 1.165) is 17.7 Å². The van der Waals surface area contributed by atoms with Gasteiger partial charge in [0.2, 0.25) is 5.91 Å². The van der Waals surface area contributed by atoms with Crippen molar-refractivity contribution in [3.63, 3.8) is 0 Å². The molecule has 0 atom stereocenters. The van der Waals surface area contributed by atoms with E-state index < -0.39 is 0 Å². The van der Waals surface area contributed by atoms with Crippen LogP contribution in [0.3, 0.4) is 0 Å². The molecule has 1 aliphatic heterocycles. The Morgan fingerprint density at radius 1 is 1.12 bits per heavy atom. The SMILES string of the molecule is CCOC(=O)N1CCN(C(=O)CNCCc2ccccc2OC)CC1. The average molecular weight is 349 g/mol. The second-order valence-electron chi connectivity index (χ2n) is 5.81. The molecule has 2 amide bonds. The number of carbonyl (C=O) groups is 2. The zero-order valence-electron chi connectivity index (χ0n) is 15.0. The number of piperazine rings is 1. The van der Waals surface area contributed by atoms with Crippen LogP contribution in [-0.2, 0) is 16.0 Å². The molecule has 2 rings (SSSR count). The van der Waals surface area contributed by atoms with Crippen molar-refractivity contribution in [2.75, 3.05) is 53.0 Å². The summed E-state index contributed by atoms with van der Waals surface area (Å²) in [5, 5.41) is 3.18. The number of nitrogens with zero attached hydrogens (tertiary/aromatic N) is 2. The zero-order chi connectivity index (χ0) is 18.1. The van der Waals surface area contributed by atoms with Gasteiger partial charge in [0.15, 0.2) is 0 Å². The molecule has 0 radical (unpaired) electrons. The second-order valence-corrected chi connectivity index (χ2v) is 5.81. The zero-order valence-corrected chi connectivity index (χ0v) is 15.0. The first-order valence-electron chi connectivity index (χ1n) is 8.67. The summed E-state index contributed by atoms with van der Waals surface area (Å²) in [6.07, 6.45) is 0.498. The number of nitrogens with one attached hydrogen (secondary N) is 1. The van der Waals surface area contributed by atoms with Crippen LogP contribution in [0.25, 0.3) is 0 Å². The third-order valence-electron chi connectivity index (χ3n) is 4.20. The summed E-state index contributed by atoms with van der Waals surface area (Å²) in [6.45, 7) is 5.29. The summed E-state index contributed by atoms with van der Waals surface area (Å²) < 4.78 is 10.3. The Hall–Kier alpha value is -2.28. The van der Waals surface area contributed by atoms with Crippen molar-refractivity contribution < 1.29 is 19.1 Å². The minimum atomic E-state index is -0.301. The summed E-state index contributed by atoms with van der Waals surface area (Å²) in [6, 6.07) is 7.88. The van der Waals surface area contributed by atoms with Crippen molar-refractivity contribution >= 4 is 12.0 Å². The van der Waals surface area contributed by atoms with Crippen LogP contribution in [0.5, 0.6) is 5.75 Å². The van der Waals surface area contributed by atoms with Gasteiger partial charge in [-0.1, -0.05) is 18.2 Å². The van der Waals surface area contributed by atoms with E-state index in [1.54, 1.807) is 23.8 Å². The van der Waals surface area contributed by atoms with Gasteiger partial charge in [-0.05, 0) is 31.5 Å². The lowest BCUT2D eigenvalue weighted by molar-refractivity contribution is -0.131. The van der Waals surface area contributed by atoms with E-state index >= 15 is 0 Å². The number of methoxy groups -OCH3 is 1. The fourth-order valence-corrected chi connectivity index (χ4v) is 2.79. The number of rotatable bonds is 7. The highest BCUT2D eigenvalue weighted by Crippen LogP contribution is 2.17. The van der Waals surface area contributed by atoms with Gasteiger partial charge in [-0.3, -0.25) is 4.79 Å². The summed E-state index contributed by atoms with van der Waals surface area (Å²) in [5.74, 6) is 0.925. The number of amides is 2. The summed E-state index contributed by atoms with van der Waals surface area (Å²) in [4.78, 5) is 27.3. The van der Waals surface area contributed by atoms with Crippen LogP contribution in [0.4, 0.5) is 4.79 Å². The van der Waals surface area contributed by atoms with Crippen molar-refractivity contribution in [3.8, 4) is 5.75 Å². The highest BCUT2D eigenvalue weighted by molar-refractivity contribution is 5.78. The van der Waals surface area contributed by atoms with Gasteiger partial charge < -0.3 is 24.6 Å². The van der Waals surface area contributed by atoms with Crippen LogP contribution in [0.15, 0.2) is 24.3 Å². The molecule has 1 N–H and O–H groups in total. The third-order valence-corrected chi connectivity index (χ3v) is 4.20. The molecule has 138 valence electrons. The predicted octanol–water partition coefficient (Wildman–Crippen LogP) is 1.13. The molecule has 1 heterocycles. The monoisotopic (exact) mass is 349 g/mol. The van der Waals surface area contributed by atoms with E-state index in [1.807, 2.05) is 24.3 Å². The first-order valence-corrected chi connectivity index (χ1v) is 8.67. The molecule has 0 aromatic heterocycles. The number of para-hydroxylation sites is 1. The van der Waals surface area contributed by atoms with E-state index in [0.29, 0.717) is 45.9 Å². The largest absolute Gasteiger partial charge is 0.496 e. The van der Waals surface area contributed by atoms with Gasteiger partial charge in [0, 0.05) is 26.2 Å². The molecule has 7 heteroatoms. The normalized spacial score (nSPS) is 14.3. The van der Waals surface area contributed by atoms with E-state index in [-0.39, 0.29) is 12.0 Å². The van der Waals surface area contributed by atoms with E-state index in [2.05, 4.69) is 5.32 Å². The van der Waals surface area contributed by atoms with E-state index in [4.69, 9.17) is 9.47 Å². The van der Waals surface area contributed by atoms with Crippen LogP contribution in [-0.4, -0.2) is 74.8 Å². The van der Waals surface area contributed by atoms with Gasteiger partial charge in [-0.25, -0.2) is 4.79 Å². The lowest BCUT2D eigenvalue weighted by atomic mass is 10.1. The number of benzene rings is 1. The molecule has 1 aliphatic rings. The predicted molar refractivity (Wildman–Crippen MR) is 94.7 cm³/mol. The van der Waals surface area contributed by atoms with Crippen molar-refractivity contribution in [2.45, 2.75) is 13.3 Å². The van der Waals surface area contributed by atoms with Gasteiger partial charge in [-0.2, -0.15) is 0 Å². The standard InChI is InChI=1S/C18H27N3O4/c1-3-25-18(23)21-12-10-20(11-13-21)17(22)14-19-9-8-15-6-4-5-7-16(15)24-2/h4-7,19H,3,8-14H2,1-2H3. The Morgan fingerprint density at radius 3 is 2.48 bits per heavy atom. The molecule has 0 bridgehead atoms. The summed E-state index contributed by atoms with van der Waals surface area (Å²) >= 11 is 0. The third kappa shape index (κ3) is 5.63. The number of ether oxygens (including phenoxy) is 2. The number of hydrogen-bond donors (Lipinski definition) is 1. The maximum absolute atomic E-state index is 12.2. The van der Waals surface area contributed by atoms with Crippen LogP contribution in [0.1, 0.15) is 12.5 Å². The highest BCUT2D eigenvalue weighted by Gasteiger charge is 2.24. The molecule has 7 nitrogen and oxygen atoms in total. The van der Waals surface area contributed by atoms with Crippen molar-refractivity contribution in [1.82, 2.24) is 15.1 Å². The van der Waals surface area contributed by atoms with Gasteiger partial charge >= 0.3 is 6.09 Å².